The van der Waals surface area contributed by atoms with E-state index in [0.717, 1.165) is 19.5 Å². The van der Waals surface area contributed by atoms with Gasteiger partial charge in [-0.1, -0.05) is 0 Å². The average Bonchev–Trinajstić information content (AvgIpc) is 2.37. The number of hydrogen-bond donors (Lipinski definition) is 3. The predicted molar refractivity (Wildman–Crippen MR) is 47.0 cm³/mol. The Morgan fingerprint density at radius 3 is 2.83 bits per heavy atom. The third kappa shape index (κ3) is 2.71. The molecule has 1 fully saturated rings. The van der Waals surface area contributed by atoms with Crippen LogP contribution in [0.5, 0.6) is 0 Å². The minimum absolute atomic E-state index is 0.180. The minimum Gasteiger partial charge on any atom is -0.395 e. The van der Waals surface area contributed by atoms with E-state index in [0.29, 0.717) is 6.54 Å². The SMILES string of the molecule is CN(CCO)CC1NCCC1O. The molecule has 2 unspecified atom stereocenters. The Kier molecular flexibility index (Phi) is 3.94. The van der Waals surface area contributed by atoms with Crippen molar-refractivity contribution in [2.75, 3.05) is 33.3 Å². The number of likely N-dealkylation sites (N-methyl/N-ethyl adjacent to an activating group) is 1. The minimum atomic E-state index is -0.217. The summed E-state index contributed by atoms with van der Waals surface area (Å²) in [5.41, 5.74) is 0. The molecule has 0 spiro atoms. The Labute approximate surface area is 73.2 Å². The van der Waals surface area contributed by atoms with Crippen molar-refractivity contribution in [3.8, 4) is 0 Å². The highest BCUT2D eigenvalue weighted by Crippen LogP contribution is 2.07. The molecule has 0 aromatic rings. The first-order valence-electron chi connectivity index (χ1n) is 4.45. The molecule has 4 nitrogen and oxygen atoms in total. The summed E-state index contributed by atoms with van der Waals surface area (Å²) in [6, 6.07) is 0.182. The van der Waals surface area contributed by atoms with Gasteiger partial charge in [0.05, 0.1) is 12.7 Å². The normalized spacial score (nSPS) is 30.0. The van der Waals surface area contributed by atoms with Gasteiger partial charge >= 0.3 is 0 Å². The molecule has 1 aliphatic rings. The Morgan fingerprint density at radius 2 is 2.33 bits per heavy atom. The van der Waals surface area contributed by atoms with Crippen molar-refractivity contribution >= 4 is 0 Å². The summed E-state index contributed by atoms with van der Waals surface area (Å²) in [6.45, 7) is 2.56. The third-order valence-corrected chi connectivity index (χ3v) is 2.30. The van der Waals surface area contributed by atoms with E-state index in [1.54, 1.807) is 0 Å². The van der Waals surface area contributed by atoms with Gasteiger partial charge in [0, 0.05) is 19.1 Å². The molecular formula is C8H18N2O2. The standard InChI is InChI=1S/C8H18N2O2/c1-10(4-5-11)6-7-8(12)2-3-9-7/h7-9,11-12H,2-6H2,1H3. The summed E-state index contributed by atoms with van der Waals surface area (Å²) in [5, 5.41) is 21.3. The lowest BCUT2D eigenvalue weighted by Crippen LogP contribution is -2.41. The summed E-state index contributed by atoms with van der Waals surface area (Å²) in [6.07, 6.45) is 0.628. The molecule has 1 aliphatic heterocycles. The number of nitrogens with zero attached hydrogens (tertiary/aromatic N) is 1. The van der Waals surface area contributed by atoms with Crippen molar-refractivity contribution in [2.45, 2.75) is 18.6 Å². The molecule has 1 rings (SSSR count). The molecule has 1 heterocycles. The number of nitrogens with one attached hydrogen (secondary N) is 1. The van der Waals surface area contributed by atoms with Gasteiger partial charge in [0.2, 0.25) is 0 Å². The van der Waals surface area contributed by atoms with Crippen LogP contribution < -0.4 is 5.32 Å². The van der Waals surface area contributed by atoms with Gasteiger partial charge in [-0.15, -0.1) is 0 Å². The van der Waals surface area contributed by atoms with Crippen LogP contribution in [0.3, 0.4) is 0 Å². The molecule has 12 heavy (non-hydrogen) atoms. The fraction of sp³-hybridized carbons (Fsp3) is 1.00. The van der Waals surface area contributed by atoms with Crippen LogP contribution in [0.4, 0.5) is 0 Å². The maximum absolute atomic E-state index is 9.45. The molecular weight excluding hydrogens is 156 g/mol. The molecule has 0 bridgehead atoms. The van der Waals surface area contributed by atoms with Gasteiger partial charge < -0.3 is 20.4 Å². The van der Waals surface area contributed by atoms with Gasteiger partial charge in [-0.05, 0) is 20.0 Å². The number of hydrogen-bond acceptors (Lipinski definition) is 4. The fourth-order valence-corrected chi connectivity index (χ4v) is 1.54. The molecule has 72 valence electrons. The Bertz CT molecular complexity index is 132. The Balaban J connectivity index is 2.20. The fourth-order valence-electron chi connectivity index (χ4n) is 1.54. The smallest absolute Gasteiger partial charge is 0.0717 e. The van der Waals surface area contributed by atoms with Gasteiger partial charge in [-0.25, -0.2) is 0 Å². The van der Waals surface area contributed by atoms with E-state index < -0.39 is 0 Å². The highest BCUT2D eigenvalue weighted by Gasteiger charge is 2.25. The van der Waals surface area contributed by atoms with E-state index in [1.165, 1.54) is 0 Å². The molecule has 0 radical (unpaired) electrons. The topological polar surface area (TPSA) is 55.7 Å². The van der Waals surface area contributed by atoms with Crippen LogP contribution in [0, 0.1) is 0 Å². The Hall–Kier alpha value is -0.160. The molecule has 0 amide bonds. The van der Waals surface area contributed by atoms with Crippen LogP contribution in [-0.2, 0) is 0 Å². The first-order valence-corrected chi connectivity index (χ1v) is 4.45. The summed E-state index contributed by atoms with van der Waals surface area (Å²) >= 11 is 0. The maximum Gasteiger partial charge on any atom is 0.0717 e. The van der Waals surface area contributed by atoms with Crippen LogP contribution in [0.15, 0.2) is 0 Å². The van der Waals surface area contributed by atoms with Gasteiger partial charge in [-0.3, -0.25) is 0 Å². The van der Waals surface area contributed by atoms with E-state index in [1.807, 2.05) is 11.9 Å². The first-order chi connectivity index (χ1) is 5.74. The molecule has 0 aliphatic carbocycles. The van der Waals surface area contributed by atoms with Gasteiger partial charge in [-0.2, -0.15) is 0 Å². The zero-order valence-electron chi connectivity index (χ0n) is 7.53. The number of rotatable bonds is 4. The molecule has 1 saturated heterocycles. The van der Waals surface area contributed by atoms with Gasteiger partial charge in [0.25, 0.3) is 0 Å². The van der Waals surface area contributed by atoms with Crippen molar-refractivity contribution in [2.24, 2.45) is 0 Å². The van der Waals surface area contributed by atoms with E-state index in [-0.39, 0.29) is 18.8 Å². The summed E-state index contributed by atoms with van der Waals surface area (Å²) in [4.78, 5) is 2.02. The zero-order valence-corrected chi connectivity index (χ0v) is 7.53. The highest BCUT2D eigenvalue weighted by molar-refractivity contribution is 4.85. The second kappa shape index (κ2) is 4.77. The third-order valence-electron chi connectivity index (χ3n) is 2.30. The van der Waals surface area contributed by atoms with Crippen molar-refractivity contribution < 1.29 is 10.2 Å². The van der Waals surface area contributed by atoms with Gasteiger partial charge in [0.15, 0.2) is 0 Å². The molecule has 0 aromatic heterocycles. The first kappa shape index (κ1) is 9.92. The van der Waals surface area contributed by atoms with Crippen LogP contribution in [0.1, 0.15) is 6.42 Å². The molecule has 3 N–H and O–H groups in total. The van der Waals surface area contributed by atoms with E-state index >= 15 is 0 Å². The second-order valence-electron chi connectivity index (χ2n) is 3.40. The monoisotopic (exact) mass is 174 g/mol. The second-order valence-corrected chi connectivity index (χ2v) is 3.40. The number of aliphatic hydroxyl groups excluding tert-OH is 2. The van der Waals surface area contributed by atoms with Crippen LogP contribution >= 0.6 is 0 Å². The summed E-state index contributed by atoms with van der Waals surface area (Å²) in [5.74, 6) is 0. The van der Waals surface area contributed by atoms with Crippen LogP contribution in [0.2, 0.25) is 0 Å². The molecule has 0 saturated carbocycles. The van der Waals surface area contributed by atoms with Crippen LogP contribution in [-0.4, -0.2) is 60.5 Å². The van der Waals surface area contributed by atoms with E-state index in [2.05, 4.69) is 5.32 Å². The lowest BCUT2D eigenvalue weighted by molar-refractivity contribution is 0.130. The van der Waals surface area contributed by atoms with Crippen molar-refractivity contribution in [1.82, 2.24) is 10.2 Å². The highest BCUT2D eigenvalue weighted by atomic mass is 16.3. The van der Waals surface area contributed by atoms with Crippen molar-refractivity contribution in [1.29, 1.82) is 0 Å². The average molecular weight is 174 g/mol. The predicted octanol–water partition coefficient (Wildman–Crippen LogP) is -1.37. The summed E-state index contributed by atoms with van der Waals surface area (Å²) < 4.78 is 0. The molecule has 0 aromatic carbocycles. The quantitative estimate of drug-likeness (QED) is 0.492. The van der Waals surface area contributed by atoms with E-state index in [9.17, 15) is 5.11 Å². The number of aliphatic hydroxyl groups is 2. The lowest BCUT2D eigenvalue weighted by atomic mass is 10.2. The van der Waals surface area contributed by atoms with Crippen molar-refractivity contribution in [3.63, 3.8) is 0 Å². The van der Waals surface area contributed by atoms with E-state index in [4.69, 9.17) is 5.11 Å². The van der Waals surface area contributed by atoms with Gasteiger partial charge in [0.1, 0.15) is 0 Å². The summed E-state index contributed by atoms with van der Waals surface area (Å²) in [7, 11) is 1.95. The van der Waals surface area contributed by atoms with Crippen molar-refractivity contribution in [3.05, 3.63) is 0 Å². The van der Waals surface area contributed by atoms with Crippen LogP contribution in [0.25, 0.3) is 0 Å². The lowest BCUT2D eigenvalue weighted by Gasteiger charge is -2.22. The molecule has 4 heteroatoms. The maximum atomic E-state index is 9.45. The largest absolute Gasteiger partial charge is 0.395 e. The Morgan fingerprint density at radius 1 is 1.58 bits per heavy atom. The zero-order chi connectivity index (χ0) is 8.97. The molecule has 2 atom stereocenters.